The molecule has 4 aliphatic heterocycles. The number of fused-ring (bicyclic) bond motifs is 6. The molecular weight excluding hydrogens is 504 g/mol. The molecule has 177 valence electrons. The maximum absolute atomic E-state index is 8.74. The molecule has 34 heavy (non-hydrogen) atoms. The number of allylic oxidation sites excluding steroid dienone is 4. The van der Waals surface area contributed by atoms with E-state index in [-0.39, 0.29) is 17.1 Å². The summed E-state index contributed by atoms with van der Waals surface area (Å²) in [7, 11) is -4.67. The Balaban J connectivity index is 0.000000156. The summed E-state index contributed by atoms with van der Waals surface area (Å²) in [6.45, 7) is 0. The van der Waals surface area contributed by atoms with Gasteiger partial charge in [-0.3, -0.25) is 9.11 Å². The minimum atomic E-state index is -4.67. The van der Waals surface area contributed by atoms with E-state index in [0.29, 0.717) is 0 Å². The molecule has 1 radical (unpaired) electrons. The quantitative estimate of drug-likeness (QED) is 0.401. The summed E-state index contributed by atoms with van der Waals surface area (Å²) < 4.78 is 31.6. The minimum absolute atomic E-state index is 0. The Morgan fingerprint density at radius 1 is 0.500 bits per heavy atom. The minimum Gasteiger partial charge on any atom is -0.665 e. The van der Waals surface area contributed by atoms with E-state index in [4.69, 9.17) is 17.5 Å². The fourth-order valence-corrected chi connectivity index (χ4v) is 3.36. The summed E-state index contributed by atoms with van der Waals surface area (Å²) >= 11 is 0. The van der Waals surface area contributed by atoms with Gasteiger partial charge in [0.15, 0.2) is 0 Å². The van der Waals surface area contributed by atoms with Gasteiger partial charge in [-0.15, -0.1) is 22.7 Å². The molecule has 0 aromatic heterocycles. The van der Waals surface area contributed by atoms with Crippen molar-refractivity contribution in [1.29, 1.82) is 0 Å². The molecule has 0 unspecified atom stereocenters. The number of benzene rings is 2. The van der Waals surface area contributed by atoms with Gasteiger partial charge >= 0.3 is 27.5 Å². The topological polar surface area (TPSA) is 131 Å². The molecule has 2 aromatic carbocycles. The Morgan fingerprint density at radius 2 is 0.706 bits per heavy atom. The zero-order valence-corrected chi connectivity index (χ0v) is 19.2. The number of hydrogen-bond acceptors (Lipinski definition) is 2. The van der Waals surface area contributed by atoms with Gasteiger partial charge in [0.25, 0.3) is 0 Å². The molecule has 10 heteroatoms. The molecule has 4 heterocycles. The first kappa shape index (κ1) is 25.1. The van der Waals surface area contributed by atoms with Crippen LogP contribution < -0.4 is 20.9 Å². The third kappa shape index (κ3) is 6.28. The Labute approximate surface area is 207 Å². The molecular formula is C24H18CuN4O4S-2. The first-order valence-electron chi connectivity index (χ1n) is 9.77. The molecule has 0 saturated carbocycles. The zero-order chi connectivity index (χ0) is 23.3. The summed E-state index contributed by atoms with van der Waals surface area (Å²) in [5.74, 6) is 0. The third-order valence-corrected chi connectivity index (χ3v) is 4.69. The fourth-order valence-electron chi connectivity index (χ4n) is 3.36. The smallest absolute Gasteiger partial charge is 0.665 e. The first-order chi connectivity index (χ1) is 15.9. The van der Waals surface area contributed by atoms with Crippen molar-refractivity contribution in [3.8, 4) is 0 Å². The second-order valence-electron chi connectivity index (χ2n) is 6.88. The van der Waals surface area contributed by atoms with Crippen molar-refractivity contribution in [2.75, 3.05) is 0 Å². The predicted octanol–water partition coefficient (Wildman–Crippen LogP) is 3.97. The second kappa shape index (κ2) is 11.1. The van der Waals surface area contributed by atoms with Crippen LogP contribution in [-0.2, 0) is 27.5 Å². The van der Waals surface area contributed by atoms with E-state index in [1.54, 1.807) is 24.8 Å². The van der Waals surface area contributed by atoms with E-state index in [0.717, 1.165) is 43.6 Å². The van der Waals surface area contributed by atoms with E-state index >= 15 is 0 Å². The van der Waals surface area contributed by atoms with E-state index < -0.39 is 10.4 Å². The van der Waals surface area contributed by atoms with Gasteiger partial charge < -0.3 is 21.3 Å². The molecule has 8 nitrogen and oxygen atoms in total. The maximum Gasteiger partial charge on any atom is 2.00 e. The van der Waals surface area contributed by atoms with Crippen molar-refractivity contribution in [1.82, 2.24) is 0 Å². The van der Waals surface area contributed by atoms with Crippen LogP contribution in [-0.4, -0.2) is 17.5 Å². The van der Waals surface area contributed by atoms with Crippen LogP contribution in [0.15, 0.2) is 73.4 Å². The van der Waals surface area contributed by atoms with Crippen molar-refractivity contribution < 1.29 is 34.6 Å². The fraction of sp³-hybridized carbons (Fsp3) is 0. The Kier molecular flexibility index (Phi) is 8.17. The Hall–Kier alpha value is -3.53. The van der Waals surface area contributed by atoms with Gasteiger partial charge in [0.05, 0.1) is 0 Å². The molecule has 0 saturated heterocycles. The Bertz CT molecular complexity index is 1350. The molecule has 0 fully saturated rings. The summed E-state index contributed by atoms with van der Waals surface area (Å²) in [6.07, 6.45) is 23.2. The largest absolute Gasteiger partial charge is 2.00 e. The van der Waals surface area contributed by atoms with Gasteiger partial charge in [-0.05, 0) is 20.9 Å². The van der Waals surface area contributed by atoms with Crippen LogP contribution >= 0.6 is 0 Å². The molecule has 4 aliphatic rings. The number of rotatable bonds is 0. The van der Waals surface area contributed by atoms with E-state index in [1.165, 1.54) is 0 Å². The second-order valence-corrected chi connectivity index (χ2v) is 7.78. The molecule has 2 N–H and O–H groups in total. The predicted molar refractivity (Wildman–Crippen MR) is 132 cm³/mol. The number of hydrogen-bond donors (Lipinski definition) is 2. The van der Waals surface area contributed by atoms with Crippen LogP contribution in [0, 0.1) is 0 Å². The van der Waals surface area contributed by atoms with E-state index in [1.807, 2.05) is 24.3 Å². The average molecular weight is 522 g/mol. The molecule has 0 spiro atoms. The third-order valence-electron chi connectivity index (χ3n) is 4.69. The number of nitrogens with zero attached hydrogens (tertiary/aromatic N) is 4. The van der Waals surface area contributed by atoms with Crippen LogP contribution in [0.25, 0.3) is 45.6 Å². The summed E-state index contributed by atoms with van der Waals surface area (Å²) in [5.41, 5.74) is 3.91. The summed E-state index contributed by atoms with van der Waals surface area (Å²) in [5, 5.41) is 21.9. The molecule has 2 aromatic rings. The van der Waals surface area contributed by atoms with Crippen molar-refractivity contribution in [2.45, 2.75) is 0 Å². The Morgan fingerprint density at radius 3 is 0.912 bits per heavy atom. The van der Waals surface area contributed by atoms with Crippen LogP contribution in [0.2, 0.25) is 0 Å². The molecule has 0 atom stereocenters. The van der Waals surface area contributed by atoms with Crippen molar-refractivity contribution in [3.05, 3.63) is 116 Å². The van der Waals surface area contributed by atoms with Gasteiger partial charge in [0.1, 0.15) is 0 Å². The van der Waals surface area contributed by atoms with Gasteiger partial charge in [0.2, 0.25) is 0 Å². The summed E-state index contributed by atoms with van der Waals surface area (Å²) in [6, 6.07) is 8.30. The zero-order valence-electron chi connectivity index (χ0n) is 17.4. The summed E-state index contributed by atoms with van der Waals surface area (Å²) in [4.78, 5) is 0. The van der Waals surface area contributed by atoms with Crippen LogP contribution in [0.1, 0.15) is 0 Å². The van der Waals surface area contributed by atoms with Crippen molar-refractivity contribution in [2.24, 2.45) is 0 Å². The molecule has 0 aliphatic carbocycles. The van der Waals surface area contributed by atoms with Crippen LogP contribution in [0.5, 0.6) is 0 Å². The van der Waals surface area contributed by atoms with Crippen molar-refractivity contribution >= 4 is 57.5 Å². The molecule has 0 bridgehead atoms. The van der Waals surface area contributed by atoms with Gasteiger partial charge in [-0.25, -0.2) is 0 Å². The monoisotopic (exact) mass is 521 g/mol. The first-order valence-corrected chi connectivity index (χ1v) is 11.2. The maximum atomic E-state index is 8.74. The molecule has 0 amide bonds. The van der Waals surface area contributed by atoms with Crippen molar-refractivity contribution in [3.63, 3.8) is 0 Å². The van der Waals surface area contributed by atoms with Gasteiger partial charge in [-0.1, -0.05) is 72.9 Å². The van der Waals surface area contributed by atoms with Crippen LogP contribution in [0.3, 0.4) is 0 Å². The molecule has 6 rings (SSSR count). The average Bonchev–Trinajstić information content (AvgIpc) is 2.83. The van der Waals surface area contributed by atoms with Gasteiger partial charge in [-0.2, -0.15) is 33.2 Å². The van der Waals surface area contributed by atoms with E-state index in [9.17, 15) is 0 Å². The standard InChI is InChI=1S/2C12H8N2.Cu.H2O4S/c2*1-3-9-5-6-10-4-2-8-14-12(10)11(9)13-7-1;;1-5(2,3)4/h2*1-8H;;(H2,1,2,3,4)/q2*-2;+2;. The normalized spacial score (nSPS) is 14.4. The van der Waals surface area contributed by atoms with Gasteiger partial charge in [0, 0.05) is 0 Å². The van der Waals surface area contributed by atoms with Crippen LogP contribution in [0.4, 0.5) is 22.7 Å². The SMILES string of the molecule is C1=C[N-]c2c3c(ccc2=C1)=CC=C[N-]3.C1=C[N-]c2c3c(ccc2=C1)=CC=C[N-]3.O=S(=O)(O)O.[Cu+2]. The van der Waals surface area contributed by atoms with E-state index in [2.05, 4.69) is 69.8 Å².